The van der Waals surface area contributed by atoms with Crippen molar-refractivity contribution >= 4 is 0 Å². The molecule has 0 atom stereocenters. The van der Waals surface area contributed by atoms with Crippen molar-refractivity contribution in [3.8, 4) is 0 Å². The van der Waals surface area contributed by atoms with Gasteiger partial charge in [0.25, 0.3) is 0 Å². The molecule has 0 fully saturated rings. The minimum atomic E-state index is 0.504. The van der Waals surface area contributed by atoms with E-state index in [0.717, 1.165) is 25.4 Å². The Bertz CT molecular complexity index is 560. The molecule has 0 bridgehead atoms. The molecule has 21 heavy (non-hydrogen) atoms. The summed E-state index contributed by atoms with van der Waals surface area (Å²) in [5, 5.41) is 3.50. The molecule has 0 aliphatic rings. The van der Waals surface area contributed by atoms with Crippen LogP contribution in [0.4, 0.5) is 0 Å². The highest BCUT2D eigenvalue weighted by molar-refractivity contribution is 5.27. The molecule has 1 aromatic heterocycles. The van der Waals surface area contributed by atoms with Gasteiger partial charge in [-0.2, -0.15) is 0 Å². The van der Waals surface area contributed by atoms with Gasteiger partial charge in [-0.25, -0.2) is 0 Å². The van der Waals surface area contributed by atoms with Gasteiger partial charge in [0.1, 0.15) is 5.76 Å². The molecule has 0 saturated heterocycles. The first-order chi connectivity index (χ1) is 10.1. The fourth-order valence-corrected chi connectivity index (χ4v) is 2.41. The zero-order valence-corrected chi connectivity index (χ0v) is 13.5. The van der Waals surface area contributed by atoms with Crippen LogP contribution in [0.2, 0.25) is 0 Å². The molecule has 1 N–H and O–H groups in total. The highest BCUT2D eigenvalue weighted by atomic mass is 16.3. The lowest BCUT2D eigenvalue weighted by atomic mass is 10.1. The van der Waals surface area contributed by atoms with E-state index in [1.54, 1.807) is 6.26 Å². The van der Waals surface area contributed by atoms with Gasteiger partial charge < -0.3 is 9.73 Å². The average Bonchev–Trinajstić information content (AvgIpc) is 2.83. The predicted octanol–water partition coefficient (Wildman–Crippen LogP) is 3.72. The molecule has 114 valence electrons. The van der Waals surface area contributed by atoms with E-state index in [1.807, 2.05) is 6.92 Å². The predicted molar refractivity (Wildman–Crippen MR) is 87.0 cm³/mol. The molecule has 0 amide bonds. The third-order valence-corrected chi connectivity index (χ3v) is 3.67. The average molecular weight is 286 g/mol. The summed E-state index contributed by atoms with van der Waals surface area (Å²) < 4.78 is 5.37. The zero-order valence-electron chi connectivity index (χ0n) is 13.5. The Morgan fingerprint density at radius 3 is 2.33 bits per heavy atom. The largest absolute Gasteiger partial charge is 0.469 e. The maximum Gasteiger partial charge on any atom is 0.105 e. The van der Waals surface area contributed by atoms with Crippen LogP contribution in [0.3, 0.4) is 0 Å². The van der Waals surface area contributed by atoms with Crippen molar-refractivity contribution in [2.45, 2.75) is 46.4 Å². The quantitative estimate of drug-likeness (QED) is 0.841. The van der Waals surface area contributed by atoms with Gasteiger partial charge in [-0.05, 0) is 31.2 Å². The van der Waals surface area contributed by atoms with Gasteiger partial charge in [0.15, 0.2) is 0 Å². The van der Waals surface area contributed by atoms with E-state index in [0.29, 0.717) is 6.04 Å². The standard InChI is InChI=1S/C18H26N2O/c1-14(2)19-11-16-7-5-6-8-18(16)13-20(4)12-17-9-10-21-15(17)3/h5-10,14,19H,11-13H2,1-4H3. The lowest BCUT2D eigenvalue weighted by Gasteiger charge is -2.19. The number of aryl methyl sites for hydroxylation is 1. The molecule has 0 aliphatic carbocycles. The van der Waals surface area contributed by atoms with Crippen LogP contribution in [-0.4, -0.2) is 18.0 Å². The van der Waals surface area contributed by atoms with Gasteiger partial charge in [0, 0.05) is 31.2 Å². The zero-order chi connectivity index (χ0) is 15.2. The van der Waals surface area contributed by atoms with E-state index in [-0.39, 0.29) is 0 Å². The van der Waals surface area contributed by atoms with Crippen molar-refractivity contribution < 1.29 is 4.42 Å². The summed E-state index contributed by atoms with van der Waals surface area (Å²) >= 11 is 0. The van der Waals surface area contributed by atoms with Crippen LogP contribution in [0, 0.1) is 6.92 Å². The number of nitrogens with one attached hydrogen (secondary N) is 1. The van der Waals surface area contributed by atoms with E-state index < -0.39 is 0 Å². The highest BCUT2D eigenvalue weighted by Crippen LogP contribution is 2.15. The fraction of sp³-hybridized carbons (Fsp3) is 0.444. The van der Waals surface area contributed by atoms with Crippen molar-refractivity contribution in [1.82, 2.24) is 10.2 Å². The van der Waals surface area contributed by atoms with E-state index in [4.69, 9.17) is 4.42 Å². The number of hydrogen-bond donors (Lipinski definition) is 1. The summed E-state index contributed by atoms with van der Waals surface area (Å²) in [5.74, 6) is 1.01. The Kier molecular flexibility index (Phi) is 5.59. The lowest BCUT2D eigenvalue weighted by Crippen LogP contribution is -2.24. The number of rotatable bonds is 7. The summed E-state index contributed by atoms with van der Waals surface area (Å²) in [6, 6.07) is 11.2. The van der Waals surface area contributed by atoms with Crippen molar-refractivity contribution in [3.63, 3.8) is 0 Å². The summed E-state index contributed by atoms with van der Waals surface area (Å²) in [7, 11) is 2.15. The summed E-state index contributed by atoms with van der Waals surface area (Å²) in [6.45, 7) is 9.15. The summed E-state index contributed by atoms with van der Waals surface area (Å²) in [4.78, 5) is 2.33. The first kappa shape index (κ1) is 15.8. The number of nitrogens with zero attached hydrogens (tertiary/aromatic N) is 1. The molecule has 0 saturated carbocycles. The second-order valence-corrected chi connectivity index (χ2v) is 5.98. The smallest absolute Gasteiger partial charge is 0.105 e. The minimum absolute atomic E-state index is 0.504. The van der Waals surface area contributed by atoms with Gasteiger partial charge >= 0.3 is 0 Å². The second-order valence-electron chi connectivity index (χ2n) is 5.98. The van der Waals surface area contributed by atoms with Crippen molar-refractivity contribution in [3.05, 3.63) is 59.0 Å². The van der Waals surface area contributed by atoms with Gasteiger partial charge in [-0.3, -0.25) is 4.90 Å². The molecule has 0 unspecified atom stereocenters. The van der Waals surface area contributed by atoms with E-state index in [1.165, 1.54) is 16.7 Å². The van der Waals surface area contributed by atoms with E-state index in [2.05, 4.69) is 61.4 Å². The number of benzene rings is 1. The molecular weight excluding hydrogens is 260 g/mol. The van der Waals surface area contributed by atoms with Crippen LogP contribution < -0.4 is 5.32 Å². The molecule has 0 radical (unpaired) electrons. The Morgan fingerprint density at radius 1 is 1.05 bits per heavy atom. The topological polar surface area (TPSA) is 28.4 Å². The normalized spacial score (nSPS) is 11.5. The van der Waals surface area contributed by atoms with Crippen LogP contribution in [0.5, 0.6) is 0 Å². The van der Waals surface area contributed by atoms with Crippen molar-refractivity contribution in [2.24, 2.45) is 0 Å². The van der Waals surface area contributed by atoms with Crippen LogP contribution >= 0.6 is 0 Å². The second kappa shape index (κ2) is 7.43. The third-order valence-electron chi connectivity index (χ3n) is 3.67. The SMILES string of the molecule is Cc1occc1CN(C)Cc1ccccc1CNC(C)C. The molecular formula is C18H26N2O. The Labute approximate surface area is 128 Å². The van der Waals surface area contributed by atoms with Crippen LogP contribution in [0.1, 0.15) is 36.3 Å². The van der Waals surface area contributed by atoms with Crippen molar-refractivity contribution in [2.75, 3.05) is 7.05 Å². The van der Waals surface area contributed by atoms with Crippen molar-refractivity contribution in [1.29, 1.82) is 0 Å². The van der Waals surface area contributed by atoms with Gasteiger partial charge in [-0.1, -0.05) is 38.1 Å². The Morgan fingerprint density at radius 2 is 1.71 bits per heavy atom. The fourth-order valence-electron chi connectivity index (χ4n) is 2.41. The van der Waals surface area contributed by atoms with E-state index in [9.17, 15) is 0 Å². The molecule has 2 rings (SSSR count). The molecule has 1 aromatic carbocycles. The van der Waals surface area contributed by atoms with Gasteiger partial charge in [0.2, 0.25) is 0 Å². The summed E-state index contributed by atoms with van der Waals surface area (Å²) in [5.41, 5.74) is 4.02. The monoisotopic (exact) mass is 286 g/mol. The first-order valence-corrected chi connectivity index (χ1v) is 7.58. The van der Waals surface area contributed by atoms with Gasteiger partial charge in [-0.15, -0.1) is 0 Å². The third kappa shape index (κ3) is 4.73. The number of furan rings is 1. The summed E-state index contributed by atoms with van der Waals surface area (Å²) in [6.07, 6.45) is 1.76. The molecule has 3 nitrogen and oxygen atoms in total. The van der Waals surface area contributed by atoms with E-state index >= 15 is 0 Å². The highest BCUT2D eigenvalue weighted by Gasteiger charge is 2.09. The molecule has 0 aliphatic heterocycles. The maximum absolute atomic E-state index is 5.37. The Hall–Kier alpha value is -1.58. The molecule has 3 heteroatoms. The molecule has 1 heterocycles. The lowest BCUT2D eigenvalue weighted by molar-refractivity contribution is 0.315. The molecule has 2 aromatic rings. The Balaban J connectivity index is 2.00. The van der Waals surface area contributed by atoms with Crippen LogP contribution in [0.25, 0.3) is 0 Å². The first-order valence-electron chi connectivity index (χ1n) is 7.58. The van der Waals surface area contributed by atoms with Crippen LogP contribution in [0.15, 0.2) is 41.0 Å². The van der Waals surface area contributed by atoms with Gasteiger partial charge in [0.05, 0.1) is 6.26 Å². The minimum Gasteiger partial charge on any atom is -0.469 e. The number of hydrogen-bond acceptors (Lipinski definition) is 3. The molecule has 0 spiro atoms. The van der Waals surface area contributed by atoms with Crippen LogP contribution in [-0.2, 0) is 19.6 Å². The maximum atomic E-state index is 5.37.